The van der Waals surface area contributed by atoms with Gasteiger partial charge in [0.1, 0.15) is 12.4 Å². The molecule has 0 spiro atoms. The number of nitrogens with two attached hydrogens (primary N) is 1. The lowest BCUT2D eigenvalue weighted by atomic mass is 9.95. The molecule has 2 aromatic carbocycles. The number of aromatic nitrogens is 1. The van der Waals surface area contributed by atoms with Gasteiger partial charge in [0.25, 0.3) is 11.7 Å². The van der Waals surface area contributed by atoms with E-state index in [2.05, 4.69) is 22.6 Å². The van der Waals surface area contributed by atoms with Crippen LogP contribution in [0.15, 0.2) is 48.5 Å². The van der Waals surface area contributed by atoms with E-state index in [0.29, 0.717) is 57.9 Å². The van der Waals surface area contributed by atoms with E-state index >= 15 is 0 Å². The molecular weight excluding hydrogens is 557 g/mol. The van der Waals surface area contributed by atoms with Crippen molar-refractivity contribution in [3.05, 3.63) is 64.8 Å². The molecule has 1 aliphatic rings. The van der Waals surface area contributed by atoms with E-state index in [1.165, 1.54) is 4.90 Å². The third-order valence-electron chi connectivity index (χ3n) is 5.99. The molecule has 0 bridgehead atoms. The lowest BCUT2D eigenvalue weighted by Crippen LogP contribution is -2.44. The number of benzene rings is 2. The summed E-state index contributed by atoms with van der Waals surface area (Å²) in [5.74, 6) is -1.14. The summed E-state index contributed by atoms with van der Waals surface area (Å²) in [5, 5.41) is 1.32. The van der Waals surface area contributed by atoms with E-state index in [0.717, 1.165) is 5.52 Å². The van der Waals surface area contributed by atoms with Gasteiger partial charge in [-0.2, -0.15) is 0 Å². The third-order valence-corrected chi connectivity index (χ3v) is 6.93. The van der Waals surface area contributed by atoms with E-state index < -0.39 is 11.7 Å². The maximum atomic E-state index is 13.5. The first kappa shape index (κ1) is 23.6. The zero-order valence-corrected chi connectivity index (χ0v) is 20.7. The molecule has 0 aliphatic carbocycles. The number of hydrogen-bond donors (Lipinski definition) is 1. The number of para-hydroxylation sites is 1. The van der Waals surface area contributed by atoms with Gasteiger partial charge in [-0.15, -0.1) is 0 Å². The molecule has 172 valence electrons. The highest BCUT2D eigenvalue weighted by Crippen LogP contribution is 2.30. The number of carbonyl (C=O) groups excluding carboxylic acids is 3. The summed E-state index contributed by atoms with van der Waals surface area (Å²) in [7, 11) is 0. The highest BCUT2D eigenvalue weighted by Gasteiger charge is 2.33. The average molecular weight is 580 g/mol. The fourth-order valence-electron chi connectivity index (χ4n) is 4.20. The van der Waals surface area contributed by atoms with Gasteiger partial charge in [0.05, 0.1) is 15.8 Å². The van der Waals surface area contributed by atoms with Crippen LogP contribution in [0.5, 0.6) is 5.75 Å². The summed E-state index contributed by atoms with van der Waals surface area (Å²) in [6, 6.07) is 14.5. The number of ketones is 1. The molecule has 2 N–H and O–H groups in total. The number of halogens is 2. The Hall–Kier alpha value is -2.59. The van der Waals surface area contributed by atoms with E-state index in [1.54, 1.807) is 24.3 Å². The zero-order chi connectivity index (χ0) is 23.5. The molecule has 0 radical (unpaired) electrons. The van der Waals surface area contributed by atoms with Gasteiger partial charge < -0.3 is 19.9 Å². The van der Waals surface area contributed by atoms with Crippen LogP contribution in [0.3, 0.4) is 0 Å². The van der Waals surface area contributed by atoms with Gasteiger partial charge in [-0.25, -0.2) is 0 Å². The van der Waals surface area contributed by atoms with E-state index in [-0.39, 0.29) is 18.4 Å². The minimum atomic E-state index is -0.568. The Morgan fingerprint density at radius 3 is 2.36 bits per heavy atom. The quantitative estimate of drug-likeness (QED) is 0.197. The lowest BCUT2D eigenvalue weighted by Gasteiger charge is -2.30. The fourth-order valence-corrected chi connectivity index (χ4v) is 5.10. The minimum absolute atomic E-state index is 0.122. The van der Waals surface area contributed by atoms with Crippen LogP contribution in [-0.2, 0) is 20.7 Å². The molecule has 0 unspecified atom stereocenters. The summed E-state index contributed by atoms with van der Waals surface area (Å²) in [6.45, 7) is 0.789. The topological polar surface area (TPSA) is 94.6 Å². The molecule has 0 atom stereocenters. The normalized spacial score (nSPS) is 14.4. The number of carbonyl (C=O) groups is 3. The van der Waals surface area contributed by atoms with Crippen LogP contribution < -0.4 is 10.5 Å². The predicted octanol–water partition coefficient (Wildman–Crippen LogP) is 4.17. The fraction of sp³-hybridized carbons (Fsp3) is 0.292. The zero-order valence-electron chi connectivity index (χ0n) is 17.8. The Morgan fingerprint density at radius 2 is 1.73 bits per heavy atom. The molecule has 1 aliphatic heterocycles. The van der Waals surface area contributed by atoms with Gasteiger partial charge in [0.15, 0.2) is 0 Å². The summed E-state index contributed by atoms with van der Waals surface area (Å²) in [5.41, 5.74) is 7.27. The first-order valence-electron chi connectivity index (χ1n) is 10.6. The molecule has 9 heteroatoms. The van der Waals surface area contributed by atoms with E-state index in [9.17, 15) is 14.4 Å². The SMILES string of the molecule is NC(=O)C1CCN(C(=O)C(=O)c2c(COc3ccc(Cl)cc3)n(CI)c3ccccc23)CC1. The van der Waals surface area contributed by atoms with Crippen molar-refractivity contribution in [3.63, 3.8) is 0 Å². The molecule has 1 aromatic heterocycles. The molecular formula is C24H23ClIN3O4. The standard InChI is InChI=1S/C24H23ClIN3O4/c25-16-5-7-17(8-6-16)33-13-20-21(18-3-1-2-4-19(18)29(20)14-26)22(30)24(32)28-11-9-15(10-12-28)23(27)31/h1-8,15H,9-14H2,(H2,27,31). The molecule has 1 fully saturated rings. The number of fused-ring (bicyclic) bond motifs is 1. The van der Waals surface area contributed by atoms with Crippen LogP contribution in [-0.4, -0.2) is 40.2 Å². The van der Waals surface area contributed by atoms with Crippen molar-refractivity contribution in [3.8, 4) is 5.75 Å². The summed E-state index contributed by atoms with van der Waals surface area (Å²) in [4.78, 5) is 39.6. The maximum Gasteiger partial charge on any atom is 0.295 e. The van der Waals surface area contributed by atoms with Gasteiger partial charge >= 0.3 is 0 Å². The molecule has 1 saturated heterocycles. The van der Waals surface area contributed by atoms with Crippen molar-refractivity contribution in [2.45, 2.75) is 24.0 Å². The molecule has 4 rings (SSSR count). The number of nitrogens with zero attached hydrogens (tertiary/aromatic N) is 2. The third kappa shape index (κ3) is 4.86. The Kier molecular flexibility index (Phi) is 7.23. The number of piperidine rings is 1. The number of likely N-dealkylation sites (tertiary alicyclic amines) is 1. The van der Waals surface area contributed by atoms with Crippen LogP contribution in [0, 0.1) is 5.92 Å². The van der Waals surface area contributed by atoms with Crippen LogP contribution in [0.1, 0.15) is 28.9 Å². The van der Waals surface area contributed by atoms with Gasteiger partial charge in [0.2, 0.25) is 5.91 Å². The number of ether oxygens (including phenoxy) is 1. The van der Waals surface area contributed by atoms with Crippen LogP contribution in [0.25, 0.3) is 10.9 Å². The van der Waals surface area contributed by atoms with Gasteiger partial charge in [-0.05, 0) is 43.2 Å². The van der Waals surface area contributed by atoms with Crippen molar-refractivity contribution in [1.82, 2.24) is 9.47 Å². The Morgan fingerprint density at radius 1 is 1.06 bits per heavy atom. The maximum absolute atomic E-state index is 13.5. The van der Waals surface area contributed by atoms with Crippen molar-refractivity contribution in [1.29, 1.82) is 0 Å². The lowest BCUT2D eigenvalue weighted by molar-refractivity contribution is -0.131. The van der Waals surface area contributed by atoms with Crippen molar-refractivity contribution in [2.24, 2.45) is 11.7 Å². The molecule has 2 heterocycles. The van der Waals surface area contributed by atoms with E-state index in [4.69, 9.17) is 22.1 Å². The highest BCUT2D eigenvalue weighted by atomic mass is 127. The molecule has 2 amide bonds. The van der Waals surface area contributed by atoms with Crippen LogP contribution in [0.4, 0.5) is 0 Å². The van der Waals surface area contributed by atoms with Gasteiger partial charge in [-0.3, -0.25) is 14.4 Å². The molecule has 3 aromatic rings. The summed E-state index contributed by atoms with van der Waals surface area (Å²) in [6.07, 6.45) is 0.937. The Balaban J connectivity index is 1.66. The molecule has 0 saturated carbocycles. The number of amides is 2. The number of alkyl halides is 1. The second kappa shape index (κ2) is 10.1. The van der Waals surface area contributed by atoms with E-state index in [1.807, 2.05) is 28.8 Å². The molecule has 7 nitrogen and oxygen atoms in total. The Labute approximate surface area is 209 Å². The second-order valence-corrected chi connectivity index (χ2v) is 9.05. The number of primary amides is 1. The van der Waals surface area contributed by atoms with Crippen LogP contribution >= 0.6 is 34.2 Å². The number of hydrogen-bond acceptors (Lipinski definition) is 4. The average Bonchev–Trinajstić information content (AvgIpc) is 3.16. The summed E-state index contributed by atoms with van der Waals surface area (Å²) >= 11 is 8.19. The minimum Gasteiger partial charge on any atom is -0.487 e. The first-order valence-corrected chi connectivity index (χ1v) is 12.5. The van der Waals surface area contributed by atoms with Gasteiger partial charge in [0, 0.05) is 34.9 Å². The van der Waals surface area contributed by atoms with Crippen molar-refractivity contribution < 1.29 is 19.1 Å². The van der Waals surface area contributed by atoms with Gasteiger partial charge in [-0.1, -0.05) is 52.4 Å². The summed E-state index contributed by atoms with van der Waals surface area (Å²) < 4.78 is 8.54. The largest absolute Gasteiger partial charge is 0.487 e. The predicted molar refractivity (Wildman–Crippen MR) is 135 cm³/mol. The second-order valence-electron chi connectivity index (χ2n) is 7.93. The number of Topliss-reactive ketones (excluding diaryl/α,β-unsaturated/α-hetero) is 1. The smallest absolute Gasteiger partial charge is 0.295 e. The monoisotopic (exact) mass is 579 g/mol. The first-order chi connectivity index (χ1) is 15.9. The number of rotatable bonds is 7. The van der Waals surface area contributed by atoms with Crippen molar-refractivity contribution >= 4 is 62.7 Å². The highest BCUT2D eigenvalue weighted by molar-refractivity contribution is 14.1. The van der Waals surface area contributed by atoms with Crippen molar-refractivity contribution in [2.75, 3.05) is 13.1 Å². The Bertz CT molecular complexity index is 1200. The molecule has 33 heavy (non-hydrogen) atoms. The van der Waals surface area contributed by atoms with Crippen LogP contribution in [0.2, 0.25) is 5.02 Å².